The van der Waals surface area contributed by atoms with Crippen molar-refractivity contribution in [1.82, 2.24) is 9.55 Å². The molecule has 1 N–H and O–H groups in total. The minimum absolute atomic E-state index is 0.168. The molecule has 0 aliphatic carbocycles. The fourth-order valence-electron chi connectivity index (χ4n) is 3.66. The van der Waals surface area contributed by atoms with Gasteiger partial charge in [0.2, 0.25) is 5.75 Å². The molecule has 0 aliphatic rings. The third-order valence-electron chi connectivity index (χ3n) is 5.29. The number of methoxy groups -OCH3 is 3. The third-order valence-corrected chi connectivity index (χ3v) is 6.49. The molecule has 4 rings (SSSR count). The van der Waals surface area contributed by atoms with E-state index in [9.17, 15) is 14.0 Å². The summed E-state index contributed by atoms with van der Waals surface area (Å²) < 4.78 is 30.9. The summed E-state index contributed by atoms with van der Waals surface area (Å²) in [4.78, 5) is 31.4. The number of hydrogen-bond acceptors (Lipinski definition) is 7. The van der Waals surface area contributed by atoms with Gasteiger partial charge in [0.1, 0.15) is 10.6 Å². The van der Waals surface area contributed by atoms with Crippen LogP contribution in [-0.4, -0.2) is 36.8 Å². The van der Waals surface area contributed by atoms with Crippen LogP contribution in [0.15, 0.2) is 47.5 Å². The van der Waals surface area contributed by atoms with E-state index in [4.69, 9.17) is 14.2 Å². The molecule has 2 aromatic heterocycles. The van der Waals surface area contributed by atoms with E-state index in [-0.39, 0.29) is 17.9 Å². The predicted molar refractivity (Wildman–Crippen MR) is 128 cm³/mol. The average Bonchev–Trinajstić information content (AvgIpc) is 3.17. The maximum absolute atomic E-state index is 13.5. The summed E-state index contributed by atoms with van der Waals surface area (Å²) in [6.07, 6.45) is 1.41. The molecule has 8 nitrogen and oxygen atoms in total. The van der Waals surface area contributed by atoms with Gasteiger partial charge in [0.15, 0.2) is 11.5 Å². The highest BCUT2D eigenvalue weighted by atomic mass is 32.1. The van der Waals surface area contributed by atoms with Crippen LogP contribution in [0.25, 0.3) is 10.2 Å². The van der Waals surface area contributed by atoms with Crippen LogP contribution in [0.4, 0.5) is 10.1 Å². The van der Waals surface area contributed by atoms with Gasteiger partial charge in [-0.3, -0.25) is 14.2 Å². The van der Waals surface area contributed by atoms with E-state index in [0.717, 1.165) is 11.3 Å². The number of carbonyl (C=O) groups excluding carboxylic acids is 1. The number of fused-ring (bicyclic) bond motifs is 1. The fraction of sp³-hybridized carbons (Fsp3) is 0.208. The zero-order chi connectivity index (χ0) is 24.4. The van der Waals surface area contributed by atoms with E-state index in [1.165, 1.54) is 44.4 Å². The van der Waals surface area contributed by atoms with E-state index in [0.29, 0.717) is 49.2 Å². The normalized spacial score (nSPS) is 10.9. The number of hydrogen-bond donors (Lipinski definition) is 1. The van der Waals surface area contributed by atoms with Crippen molar-refractivity contribution in [2.45, 2.75) is 13.5 Å². The van der Waals surface area contributed by atoms with E-state index in [1.54, 1.807) is 31.2 Å². The molecule has 2 aromatic carbocycles. The number of aromatic nitrogens is 2. The molecule has 0 radical (unpaired) electrons. The second kappa shape index (κ2) is 9.52. The van der Waals surface area contributed by atoms with E-state index < -0.39 is 5.91 Å². The van der Waals surface area contributed by atoms with Crippen LogP contribution in [0.2, 0.25) is 0 Å². The first-order chi connectivity index (χ1) is 16.4. The summed E-state index contributed by atoms with van der Waals surface area (Å²) in [6.45, 7) is 1.88. The number of amides is 1. The zero-order valence-corrected chi connectivity index (χ0v) is 19.8. The van der Waals surface area contributed by atoms with Gasteiger partial charge in [-0.05, 0) is 30.2 Å². The van der Waals surface area contributed by atoms with Gasteiger partial charge in [-0.25, -0.2) is 9.37 Å². The van der Waals surface area contributed by atoms with Crippen LogP contribution in [0, 0.1) is 12.7 Å². The van der Waals surface area contributed by atoms with E-state index >= 15 is 0 Å². The Morgan fingerprint density at radius 3 is 2.44 bits per heavy atom. The van der Waals surface area contributed by atoms with Crippen molar-refractivity contribution < 1.29 is 23.4 Å². The van der Waals surface area contributed by atoms with Crippen molar-refractivity contribution in [1.29, 1.82) is 0 Å². The zero-order valence-electron chi connectivity index (χ0n) is 19.0. The summed E-state index contributed by atoms with van der Waals surface area (Å²) in [5, 5.41) is 3.18. The van der Waals surface area contributed by atoms with Gasteiger partial charge in [0.05, 0.1) is 44.5 Å². The minimum Gasteiger partial charge on any atom is -0.493 e. The molecule has 4 aromatic rings. The number of nitrogens with one attached hydrogen (secondary N) is 1. The molecule has 0 fully saturated rings. The number of anilines is 1. The maximum Gasteiger partial charge on any atom is 0.266 e. The summed E-state index contributed by atoms with van der Waals surface area (Å²) in [7, 11) is 4.46. The molecule has 0 saturated heterocycles. The number of halogens is 1. The molecule has 0 bridgehead atoms. The van der Waals surface area contributed by atoms with Crippen molar-refractivity contribution in [3.05, 3.63) is 74.9 Å². The van der Waals surface area contributed by atoms with Gasteiger partial charge >= 0.3 is 0 Å². The van der Waals surface area contributed by atoms with Crippen LogP contribution < -0.4 is 25.1 Å². The second-order valence-electron chi connectivity index (χ2n) is 7.41. The van der Waals surface area contributed by atoms with Gasteiger partial charge in [-0.1, -0.05) is 12.1 Å². The van der Waals surface area contributed by atoms with Gasteiger partial charge in [0, 0.05) is 17.8 Å². The highest BCUT2D eigenvalue weighted by molar-refractivity contribution is 7.20. The Balaban J connectivity index is 1.67. The maximum atomic E-state index is 13.5. The number of benzene rings is 2. The minimum atomic E-state index is -0.397. The lowest BCUT2D eigenvalue weighted by Gasteiger charge is -2.14. The summed E-state index contributed by atoms with van der Waals surface area (Å²) in [5.74, 6) is 0.422. The van der Waals surface area contributed by atoms with Crippen LogP contribution in [0.3, 0.4) is 0 Å². The van der Waals surface area contributed by atoms with Gasteiger partial charge in [0.25, 0.3) is 11.5 Å². The van der Waals surface area contributed by atoms with Crippen molar-refractivity contribution in [3.8, 4) is 17.2 Å². The number of nitrogens with zero attached hydrogens (tertiary/aromatic N) is 2. The molecule has 0 unspecified atom stereocenters. The average molecular weight is 484 g/mol. The monoisotopic (exact) mass is 483 g/mol. The highest BCUT2D eigenvalue weighted by Crippen LogP contribution is 2.40. The Bertz CT molecular complexity index is 1420. The smallest absolute Gasteiger partial charge is 0.266 e. The molecular weight excluding hydrogens is 461 g/mol. The van der Waals surface area contributed by atoms with E-state index in [1.807, 2.05) is 0 Å². The molecule has 1 amide bonds. The van der Waals surface area contributed by atoms with Crippen molar-refractivity contribution >= 4 is 33.1 Å². The lowest BCUT2D eigenvalue weighted by molar-refractivity contribution is 0.103. The Morgan fingerprint density at radius 2 is 1.82 bits per heavy atom. The highest BCUT2D eigenvalue weighted by Gasteiger charge is 2.21. The standard InChI is InChI=1S/C24H22FN3O5S/c1-13-19-23(26-12-28(24(19)30)11-14-6-5-7-15(25)8-14)34-21(13)22(29)27-16-9-17(31-2)20(33-4)18(10-16)32-3/h5-10,12H,11H2,1-4H3,(H,27,29). The largest absolute Gasteiger partial charge is 0.493 e. The molecule has 0 saturated carbocycles. The molecule has 34 heavy (non-hydrogen) atoms. The summed E-state index contributed by atoms with van der Waals surface area (Å²) >= 11 is 1.13. The number of rotatable bonds is 7. The quantitative estimate of drug-likeness (QED) is 0.423. The van der Waals surface area contributed by atoms with E-state index in [2.05, 4.69) is 10.3 Å². The molecule has 0 spiro atoms. The number of thiophene rings is 1. The third kappa shape index (κ3) is 4.32. The predicted octanol–water partition coefficient (Wildman–Crippen LogP) is 4.23. The number of aryl methyl sites for hydroxylation is 1. The van der Waals surface area contributed by atoms with Gasteiger partial charge < -0.3 is 19.5 Å². The lowest BCUT2D eigenvalue weighted by Crippen LogP contribution is -2.21. The topological polar surface area (TPSA) is 91.7 Å². The van der Waals surface area contributed by atoms with Crippen molar-refractivity contribution in [2.75, 3.05) is 26.6 Å². The Kier molecular flexibility index (Phi) is 6.51. The van der Waals surface area contributed by atoms with Crippen molar-refractivity contribution in [2.24, 2.45) is 0 Å². The second-order valence-corrected chi connectivity index (χ2v) is 8.41. The molecular formula is C24H22FN3O5S. The van der Waals surface area contributed by atoms with Crippen LogP contribution >= 0.6 is 11.3 Å². The first kappa shape index (κ1) is 23.2. The fourth-order valence-corrected chi connectivity index (χ4v) is 4.70. The Labute approximate surface area is 198 Å². The van der Waals surface area contributed by atoms with Crippen LogP contribution in [0.1, 0.15) is 20.8 Å². The molecule has 0 atom stereocenters. The molecule has 176 valence electrons. The Hall–Kier alpha value is -3.92. The summed E-state index contributed by atoms with van der Waals surface area (Å²) in [5.41, 5.74) is 1.30. The number of ether oxygens (including phenoxy) is 3. The number of carbonyl (C=O) groups is 1. The molecule has 10 heteroatoms. The van der Waals surface area contributed by atoms with Crippen LogP contribution in [-0.2, 0) is 6.54 Å². The van der Waals surface area contributed by atoms with Gasteiger partial charge in [-0.15, -0.1) is 11.3 Å². The molecule has 2 heterocycles. The molecule has 0 aliphatic heterocycles. The van der Waals surface area contributed by atoms with Crippen molar-refractivity contribution in [3.63, 3.8) is 0 Å². The SMILES string of the molecule is COc1cc(NC(=O)c2sc3ncn(Cc4cccc(F)c4)c(=O)c3c2C)cc(OC)c1OC. The van der Waals surface area contributed by atoms with Crippen LogP contribution in [0.5, 0.6) is 17.2 Å². The Morgan fingerprint density at radius 1 is 1.12 bits per heavy atom. The first-order valence-electron chi connectivity index (χ1n) is 10.2. The summed E-state index contributed by atoms with van der Waals surface area (Å²) in [6, 6.07) is 9.26. The van der Waals surface area contributed by atoms with Gasteiger partial charge in [-0.2, -0.15) is 0 Å². The first-order valence-corrected chi connectivity index (χ1v) is 11.0. The lowest BCUT2D eigenvalue weighted by atomic mass is 10.2.